The van der Waals surface area contributed by atoms with Crippen molar-refractivity contribution in [2.45, 2.75) is 30.0 Å². The van der Waals surface area contributed by atoms with Crippen LogP contribution in [0.1, 0.15) is 24.5 Å². The van der Waals surface area contributed by atoms with Crippen LogP contribution in [0.15, 0.2) is 50.9 Å². The van der Waals surface area contributed by atoms with Gasteiger partial charge in [0.2, 0.25) is 10.0 Å². The second kappa shape index (κ2) is 9.71. The summed E-state index contributed by atoms with van der Waals surface area (Å²) in [5, 5.41) is 3.61. The molecular weight excluding hydrogens is 576 g/mol. The summed E-state index contributed by atoms with van der Waals surface area (Å²) < 4.78 is 68.9. The van der Waals surface area contributed by atoms with Gasteiger partial charge in [0.05, 0.1) is 5.71 Å². The minimum absolute atomic E-state index is 0.0461. The lowest BCUT2D eigenvalue weighted by atomic mass is 9.86. The van der Waals surface area contributed by atoms with E-state index in [0.29, 0.717) is 14.9 Å². The summed E-state index contributed by atoms with van der Waals surface area (Å²) >= 11 is 16.2. The van der Waals surface area contributed by atoms with E-state index in [1.165, 1.54) is 6.07 Å². The molecule has 1 unspecified atom stereocenters. The molecule has 0 radical (unpaired) electrons. The summed E-state index contributed by atoms with van der Waals surface area (Å²) in [4.78, 5) is 5.60. The first kappa shape index (κ1) is 25.6. The van der Waals surface area contributed by atoms with Crippen LogP contribution in [0.5, 0.6) is 0 Å². The lowest BCUT2D eigenvalue weighted by Gasteiger charge is -2.29. The van der Waals surface area contributed by atoms with Gasteiger partial charge in [-0.05, 0) is 46.3 Å². The fraction of sp³-hybridized carbons (Fsp3) is 0.316. The normalized spacial score (nSPS) is 19.0. The summed E-state index contributed by atoms with van der Waals surface area (Å²) in [5.74, 6) is 0. The minimum atomic E-state index is -4.79. The average Bonchev–Trinajstić information content (AvgIpc) is 3.13. The van der Waals surface area contributed by atoms with Gasteiger partial charge in [0.1, 0.15) is 5.08 Å². The Hall–Kier alpha value is -0.980. The van der Waals surface area contributed by atoms with Crippen molar-refractivity contribution in [1.82, 2.24) is 4.72 Å². The number of oxime groups is 1. The molecule has 0 aromatic heterocycles. The van der Waals surface area contributed by atoms with Crippen LogP contribution in [0, 0.1) is 0 Å². The van der Waals surface area contributed by atoms with E-state index in [4.69, 9.17) is 28.0 Å². The Morgan fingerprint density at radius 1 is 1.22 bits per heavy atom. The molecule has 0 aliphatic carbocycles. The van der Waals surface area contributed by atoms with E-state index in [1.807, 2.05) is 0 Å². The first-order valence-corrected chi connectivity index (χ1v) is 13.2. The maximum atomic E-state index is 14.1. The quantitative estimate of drug-likeness (QED) is 0.382. The molecule has 1 aliphatic rings. The van der Waals surface area contributed by atoms with Crippen molar-refractivity contribution in [3.63, 3.8) is 0 Å². The maximum Gasteiger partial charge on any atom is 0.435 e. The van der Waals surface area contributed by atoms with Crippen LogP contribution in [-0.4, -0.2) is 31.9 Å². The highest BCUT2D eigenvalue weighted by Gasteiger charge is 2.62. The SMILES string of the molecule is CCNS(=O)(=O)CSc1ccc(C2=NOC(c3cc(Cl)cc(Cl)c3)(C(F)(F)F)C2)cc1Br. The van der Waals surface area contributed by atoms with E-state index >= 15 is 0 Å². The Bertz CT molecular complexity index is 1140. The molecule has 2 aromatic rings. The van der Waals surface area contributed by atoms with Crippen molar-refractivity contribution in [3.8, 4) is 0 Å². The highest BCUT2D eigenvalue weighted by Crippen LogP contribution is 2.50. The Morgan fingerprint density at radius 3 is 2.44 bits per heavy atom. The fourth-order valence-electron chi connectivity index (χ4n) is 3.05. The number of hydrogen-bond donors (Lipinski definition) is 1. The minimum Gasteiger partial charge on any atom is -0.374 e. The van der Waals surface area contributed by atoms with Gasteiger partial charge in [0.15, 0.2) is 0 Å². The lowest BCUT2D eigenvalue weighted by Crippen LogP contribution is -2.42. The van der Waals surface area contributed by atoms with E-state index in [9.17, 15) is 21.6 Å². The standard InChI is InChI=1S/C19H16BrCl2F3N2O3S2/c1-2-26-32(28,29)10-31-17-4-3-11(5-15(17)20)16-9-18(30-27-16,19(23,24)25)12-6-13(21)8-14(22)7-12/h3-8,26H,2,9-10H2,1H3. The van der Waals surface area contributed by atoms with Crippen LogP contribution in [0.25, 0.3) is 0 Å². The molecule has 0 fully saturated rings. The van der Waals surface area contributed by atoms with Crippen LogP contribution in [0.2, 0.25) is 10.0 Å². The zero-order chi connectivity index (χ0) is 23.7. The lowest BCUT2D eigenvalue weighted by molar-refractivity contribution is -0.275. The highest BCUT2D eigenvalue weighted by molar-refractivity contribution is 9.10. The summed E-state index contributed by atoms with van der Waals surface area (Å²) in [6, 6.07) is 8.38. The summed E-state index contributed by atoms with van der Waals surface area (Å²) in [5.41, 5.74) is -2.50. The molecule has 3 rings (SSSR count). The first-order chi connectivity index (χ1) is 14.9. The van der Waals surface area contributed by atoms with Crippen molar-refractivity contribution in [2.24, 2.45) is 5.16 Å². The number of sulfonamides is 1. The van der Waals surface area contributed by atoms with Gasteiger partial charge < -0.3 is 4.84 Å². The fourth-order valence-corrected chi connectivity index (χ4v) is 6.56. The van der Waals surface area contributed by atoms with E-state index in [1.54, 1.807) is 25.1 Å². The second-order valence-electron chi connectivity index (χ2n) is 6.81. The van der Waals surface area contributed by atoms with Crippen LogP contribution < -0.4 is 4.72 Å². The summed E-state index contributed by atoms with van der Waals surface area (Å²) in [6.07, 6.45) is -5.37. The van der Waals surface area contributed by atoms with E-state index < -0.39 is 28.2 Å². The van der Waals surface area contributed by atoms with Gasteiger partial charge in [0, 0.05) is 43.5 Å². The Labute approximate surface area is 205 Å². The van der Waals surface area contributed by atoms with Crippen LogP contribution >= 0.6 is 50.9 Å². The first-order valence-electron chi connectivity index (χ1n) is 9.05. The molecule has 0 saturated heterocycles. The molecule has 0 bridgehead atoms. The van der Waals surface area contributed by atoms with Gasteiger partial charge in [-0.15, -0.1) is 11.8 Å². The van der Waals surface area contributed by atoms with Crippen LogP contribution in [0.3, 0.4) is 0 Å². The molecule has 1 heterocycles. The number of alkyl halides is 3. The molecule has 1 atom stereocenters. The van der Waals surface area contributed by atoms with Crippen LogP contribution in [-0.2, 0) is 20.5 Å². The highest BCUT2D eigenvalue weighted by atomic mass is 79.9. The Balaban J connectivity index is 1.86. The third kappa shape index (κ3) is 5.56. The predicted octanol–water partition coefficient (Wildman–Crippen LogP) is 6.33. The molecule has 1 aliphatic heterocycles. The number of benzene rings is 2. The number of halogens is 6. The monoisotopic (exact) mass is 590 g/mol. The summed E-state index contributed by atoms with van der Waals surface area (Å²) in [7, 11) is -3.44. The zero-order valence-corrected chi connectivity index (χ0v) is 21.1. The smallest absolute Gasteiger partial charge is 0.374 e. The van der Waals surface area contributed by atoms with Crippen molar-refractivity contribution >= 4 is 66.6 Å². The van der Waals surface area contributed by atoms with Crippen molar-refractivity contribution in [2.75, 3.05) is 11.6 Å². The van der Waals surface area contributed by atoms with Gasteiger partial charge >= 0.3 is 6.18 Å². The molecule has 13 heteroatoms. The number of thioether (sulfide) groups is 1. The zero-order valence-electron chi connectivity index (χ0n) is 16.3. The topological polar surface area (TPSA) is 67.8 Å². The predicted molar refractivity (Wildman–Crippen MR) is 124 cm³/mol. The average molecular weight is 592 g/mol. The largest absolute Gasteiger partial charge is 0.435 e. The van der Waals surface area contributed by atoms with Gasteiger partial charge in [-0.3, -0.25) is 0 Å². The van der Waals surface area contributed by atoms with Gasteiger partial charge in [-0.1, -0.05) is 41.3 Å². The van der Waals surface area contributed by atoms with Crippen molar-refractivity contribution < 1.29 is 26.4 Å². The number of nitrogens with one attached hydrogen (secondary N) is 1. The van der Waals surface area contributed by atoms with Gasteiger partial charge in [0.25, 0.3) is 5.60 Å². The second-order valence-corrected chi connectivity index (χ2v) is 11.7. The summed E-state index contributed by atoms with van der Waals surface area (Å²) in [6.45, 7) is 1.96. The Morgan fingerprint density at radius 2 is 1.88 bits per heavy atom. The maximum absolute atomic E-state index is 14.1. The molecule has 1 N–H and O–H groups in total. The molecule has 32 heavy (non-hydrogen) atoms. The third-order valence-electron chi connectivity index (χ3n) is 4.51. The molecule has 0 spiro atoms. The van der Waals surface area contributed by atoms with Gasteiger partial charge in [-0.2, -0.15) is 13.2 Å². The molecule has 0 saturated carbocycles. The molecular formula is C19H16BrCl2F3N2O3S2. The number of nitrogens with zero attached hydrogens (tertiary/aromatic N) is 1. The third-order valence-corrected chi connectivity index (χ3v) is 8.98. The molecule has 174 valence electrons. The van der Waals surface area contributed by atoms with Crippen molar-refractivity contribution in [3.05, 3.63) is 62.0 Å². The van der Waals surface area contributed by atoms with Gasteiger partial charge in [-0.25, -0.2) is 13.1 Å². The molecule has 5 nitrogen and oxygen atoms in total. The van der Waals surface area contributed by atoms with E-state index in [-0.39, 0.29) is 33.0 Å². The van der Waals surface area contributed by atoms with Crippen LogP contribution in [0.4, 0.5) is 13.2 Å². The molecule has 2 aromatic carbocycles. The Kier molecular flexibility index (Phi) is 7.78. The van der Waals surface area contributed by atoms with E-state index in [0.717, 1.165) is 23.9 Å². The van der Waals surface area contributed by atoms with E-state index in [2.05, 4.69) is 25.8 Å². The number of rotatable bonds is 7. The van der Waals surface area contributed by atoms with Crippen molar-refractivity contribution in [1.29, 1.82) is 0 Å². The number of hydrogen-bond acceptors (Lipinski definition) is 5. The molecule has 0 amide bonds.